The van der Waals surface area contributed by atoms with Crippen molar-refractivity contribution in [1.29, 1.82) is 5.26 Å². The Kier molecular flexibility index (Phi) is 3.90. The third kappa shape index (κ3) is 3.45. The number of nitrogen functional groups attached to an aromatic ring is 1. The van der Waals surface area contributed by atoms with Crippen LogP contribution in [0.25, 0.3) is 0 Å². The Hall–Kier alpha value is -2.14. The summed E-state index contributed by atoms with van der Waals surface area (Å²) < 4.78 is 7.69. The van der Waals surface area contributed by atoms with Crippen molar-refractivity contribution in [3.05, 3.63) is 23.2 Å². The number of nitrogens with two attached hydrogens (primary N) is 1. The van der Waals surface area contributed by atoms with Gasteiger partial charge in [-0.15, -0.1) is 0 Å². The molecule has 0 saturated carbocycles. The van der Waals surface area contributed by atoms with E-state index in [1.165, 1.54) is 12.4 Å². The van der Waals surface area contributed by atoms with Gasteiger partial charge in [0.2, 0.25) is 0 Å². The second-order valence-corrected chi connectivity index (χ2v) is 5.67. The summed E-state index contributed by atoms with van der Waals surface area (Å²) in [5, 5.41) is 13.1. The molecule has 0 unspecified atom stereocenters. The topological polar surface area (TPSA) is 103 Å². The molecule has 0 atom stereocenters. The van der Waals surface area contributed by atoms with Crippen molar-refractivity contribution >= 4 is 21.7 Å². The van der Waals surface area contributed by atoms with Crippen LogP contribution in [0, 0.1) is 16.7 Å². The Labute approximate surface area is 124 Å². The van der Waals surface area contributed by atoms with E-state index in [-0.39, 0.29) is 11.7 Å². The maximum absolute atomic E-state index is 9.00. The van der Waals surface area contributed by atoms with E-state index in [0.717, 1.165) is 0 Å². The Morgan fingerprint density at radius 1 is 1.50 bits per heavy atom. The highest BCUT2D eigenvalue weighted by molar-refractivity contribution is 9.10. The molecule has 2 rings (SSSR count). The van der Waals surface area contributed by atoms with Gasteiger partial charge >= 0.3 is 0 Å². The first-order valence-electron chi connectivity index (χ1n) is 5.79. The molecule has 7 nitrogen and oxygen atoms in total. The van der Waals surface area contributed by atoms with Crippen molar-refractivity contribution in [3.63, 3.8) is 0 Å². The van der Waals surface area contributed by atoms with E-state index >= 15 is 0 Å². The fourth-order valence-corrected chi connectivity index (χ4v) is 1.74. The van der Waals surface area contributed by atoms with Gasteiger partial charge in [0.25, 0.3) is 5.88 Å². The first-order valence-corrected chi connectivity index (χ1v) is 6.58. The molecule has 0 aliphatic rings. The number of halogens is 1. The molecule has 0 amide bonds. The van der Waals surface area contributed by atoms with Gasteiger partial charge in [-0.1, -0.05) is 0 Å². The molecule has 0 radical (unpaired) electrons. The summed E-state index contributed by atoms with van der Waals surface area (Å²) in [4.78, 5) is 8.01. The molecule has 104 valence electrons. The van der Waals surface area contributed by atoms with E-state index in [4.69, 9.17) is 15.7 Å². The lowest BCUT2D eigenvalue weighted by Crippen LogP contribution is -2.17. The minimum absolute atomic E-state index is 0.193. The molecule has 0 aliphatic carbocycles. The number of nitrogens with zero attached hydrogens (tertiary/aromatic N) is 5. The lowest BCUT2D eigenvalue weighted by Gasteiger charge is -2.14. The van der Waals surface area contributed by atoms with Crippen LogP contribution in [0.15, 0.2) is 23.2 Å². The van der Waals surface area contributed by atoms with Crippen LogP contribution in [0.3, 0.4) is 0 Å². The zero-order valence-corrected chi connectivity index (χ0v) is 12.6. The van der Waals surface area contributed by atoms with Crippen molar-refractivity contribution in [1.82, 2.24) is 19.7 Å². The SMILES string of the molecule is CC(C)(C#N)Cn1cc(Oc2nc(Br)cnc2N)cn1. The maximum Gasteiger partial charge on any atom is 0.263 e. The van der Waals surface area contributed by atoms with E-state index in [9.17, 15) is 0 Å². The van der Waals surface area contributed by atoms with Gasteiger partial charge in [-0.2, -0.15) is 10.4 Å². The van der Waals surface area contributed by atoms with Crippen molar-refractivity contribution in [2.75, 3.05) is 5.73 Å². The summed E-state index contributed by atoms with van der Waals surface area (Å²) in [5.41, 5.74) is 5.18. The maximum atomic E-state index is 9.00. The fourth-order valence-electron chi connectivity index (χ4n) is 1.47. The molecule has 2 aromatic rings. The van der Waals surface area contributed by atoms with Crippen LogP contribution in [0.4, 0.5) is 5.82 Å². The lowest BCUT2D eigenvalue weighted by molar-refractivity contribution is 0.383. The predicted octanol–water partition coefficient (Wildman–Crippen LogP) is 2.36. The number of anilines is 1. The van der Waals surface area contributed by atoms with Crippen LogP contribution in [0.5, 0.6) is 11.6 Å². The molecular weight excluding hydrogens is 324 g/mol. The van der Waals surface area contributed by atoms with Gasteiger partial charge in [-0.05, 0) is 29.8 Å². The second kappa shape index (κ2) is 5.46. The first kappa shape index (κ1) is 14.3. The van der Waals surface area contributed by atoms with Crippen LogP contribution in [-0.2, 0) is 6.54 Å². The molecule has 2 heterocycles. The normalized spacial score (nSPS) is 11.1. The summed E-state index contributed by atoms with van der Waals surface area (Å²) in [7, 11) is 0. The van der Waals surface area contributed by atoms with Gasteiger partial charge in [0.15, 0.2) is 11.6 Å². The smallest absolute Gasteiger partial charge is 0.263 e. The van der Waals surface area contributed by atoms with Crippen LogP contribution in [0.1, 0.15) is 13.8 Å². The highest BCUT2D eigenvalue weighted by Crippen LogP contribution is 2.25. The molecule has 0 aliphatic heterocycles. The highest BCUT2D eigenvalue weighted by atomic mass is 79.9. The van der Waals surface area contributed by atoms with Crippen LogP contribution < -0.4 is 10.5 Å². The van der Waals surface area contributed by atoms with Crippen LogP contribution in [-0.4, -0.2) is 19.7 Å². The molecule has 0 bridgehead atoms. The van der Waals surface area contributed by atoms with Gasteiger partial charge < -0.3 is 10.5 Å². The molecule has 2 aromatic heterocycles. The molecular formula is C12H13BrN6O. The van der Waals surface area contributed by atoms with E-state index < -0.39 is 5.41 Å². The number of nitriles is 1. The molecule has 0 fully saturated rings. The average molecular weight is 337 g/mol. The molecule has 0 aromatic carbocycles. The summed E-state index contributed by atoms with van der Waals surface area (Å²) in [6, 6.07) is 2.22. The molecule has 20 heavy (non-hydrogen) atoms. The summed E-state index contributed by atoms with van der Waals surface area (Å²) in [6.07, 6.45) is 4.71. The fraction of sp³-hybridized carbons (Fsp3) is 0.333. The number of ether oxygens (including phenoxy) is 1. The highest BCUT2D eigenvalue weighted by Gasteiger charge is 2.18. The standard InChI is InChI=1S/C12H13BrN6O/c1-12(2,6-14)7-19-5-8(3-17-19)20-11-10(15)16-4-9(13)18-11/h3-5H,7H2,1-2H3,(H2,15,16). The minimum Gasteiger partial charge on any atom is -0.433 e. The van der Waals surface area contributed by atoms with Crippen molar-refractivity contribution in [3.8, 4) is 17.7 Å². The zero-order valence-electron chi connectivity index (χ0n) is 11.0. The monoisotopic (exact) mass is 336 g/mol. The Morgan fingerprint density at radius 2 is 2.25 bits per heavy atom. The predicted molar refractivity (Wildman–Crippen MR) is 75.8 cm³/mol. The van der Waals surface area contributed by atoms with E-state index in [0.29, 0.717) is 16.9 Å². The largest absolute Gasteiger partial charge is 0.433 e. The summed E-state index contributed by atoms with van der Waals surface area (Å²) in [6.45, 7) is 4.15. The van der Waals surface area contributed by atoms with Gasteiger partial charge in [-0.25, -0.2) is 9.97 Å². The summed E-state index contributed by atoms with van der Waals surface area (Å²) >= 11 is 3.20. The van der Waals surface area contributed by atoms with Crippen molar-refractivity contribution in [2.45, 2.75) is 20.4 Å². The Morgan fingerprint density at radius 3 is 2.95 bits per heavy atom. The van der Waals surface area contributed by atoms with E-state index in [1.54, 1.807) is 10.9 Å². The van der Waals surface area contributed by atoms with E-state index in [2.05, 4.69) is 37.1 Å². The van der Waals surface area contributed by atoms with Crippen molar-refractivity contribution in [2.24, 2.45) is 5.41 Å². The van der Waals surface area contributed by atoms with Gasteiger partial charge in [-0.3, -0.25) is 4.68 Å². The third-order valence-electron chi connectivity index (χ3n) is 2.42. The molecule has 8 heteroatoms. The van der Waals surface area contributed by atoms with Gasteiger partial charge in [0.05, 0.1) is 36.6 Å². The zero-order chi connectivity index (χ0) is 14.8. The number of rotatable bonds is 4. The van der Waals surface area contributed by atoms with Crippen molar-refractivity contribution < 1.29 is 4.74 Å². The quantitative estimate of drug-likeness (QED) is 0.919. The minimum atomic E-state index is -0.502. The Bertz CT molecular complexity index is 660. The third-order valence-corrected chi connectivity index (χ3v) is 2.80. The van der Waals surface area contributed by atoms with E-state index in [1.807, 2.05) is 13.8 Å². The van der Waals surface area contributed by atoms with Gasteiger partial charge in [0, 0.05) is 0 Å². The van der Waals surface area contributed by atoms with Crippen LogP contribution in [0.2, 0.25) is 0 Å². The Balaban J connectivity index is 2.14. The molecule has 0 spiro atoms. The molecule has 2 N–H and O–H groups in total. The number of hydrogen-bond acceptors (Lipinski definition) is 6. The second-order valence-electron chi connectivity index (χ2n) is 4.85. The van der Waals surface area contributed by atoms with Crippen LogP contribution >= 0.6 is 15.9 Å². The number of aromatic nitrogens is 4. The number of hydrogen-bond donors (Lipinski definition) is 1. The lowest BCUT2D eigenvalue weighted by atomic mass is 9.96. The summed E-state index contributed by atoms with van der Waals surface area (Å²) in [5.74, 6) is 0.884. The molecule has 0 saturated heterocycles. The van der Waals surface area contributed by atoms with Gasteiger partial charge in [0.1, 0.15) is 4.60 Å². The first-order chi connectivity index (χ1) is 9.39. The average Bonchev–Trinajstić information content (AvgIpc) is 2.80.